The van der Waals surface area contributed by atoms with Gasteiger partial charge in [-0.2, -0.15) is 0 Å². The number of aliphatic hydroxyl groups is 1. The summed E-state index contributed by atoms with van der Waals surface area (Å²) in [5, 5.41) is 12.0. The van der Waals surface area contributed by atoms with Crippen molar-refractivity contribution in [3.63, 3.8) is 0 Å². The largest absolute Gasteiger partial charge is 0.396 e. The van der Waals surface area contributed by atoms with E-state index in [0.29, 0.717) is 6.42 Å². The van der Waals surface area contributed by atoms with Crippen molar-refractivity contribution in [2.45, 2.75) is 58.9 Å². The topological polar surface area (TPSA) is 49.3 Å². The van der Waals surface area contributed by atoms with Gasteiger partial charge in [0, 0.05) is 19.1 Å². The average Bonchev–Trinajstić information content (AvgIpc) is 2.43. The third kappa shape index (κ3) is 5.88. The molecule has 0 heterocycles. The maximum absolute atomic E-state index is 11.9. The monoisotopic (exact) mass is 291 g/mol. The number of hydrogen-bond acceptors (Lipinski definition) is 2. The molecule has 1 aromatic carbocycles. The second-order valence-electron chi connectivity index (χ2n) is 6.96. The Morgan fingerprint density at radius 2 is 1.76 bits per heavy atom. The summed E-state index contributed by atoms with van der Waals surface area (Å²) in [6.45, 7) is 10.5. The molecule has 1 rings (SSSR count). The summed E-state index contributed by atoms with van der Waals surface area (Å²) in [7, 11) is 0. The minimum Gasteiger partial charge on any atom is -0.396 e. The number of aliphatic hydroxyl groups excluding tert-OH is 1. The molecule has 0 aromatic heterocycles. The summed E-state index contributed by atoms with van der Waals surface area (Å²) in [5.41, 5.74) is 2.65. The Labute approximate surface area is 128 Å². The van der Waals surface area contributed by atoms with Gasteiger partial charge in [-0.15, -0.1) is 0 Å². The Morgan fingerprint density at radius 1 is 1.19 bits per heavy atom. The van der Waals surface area contributed by atoms with Gasteiger partial charge in [0.15, 0.2) is 0 Å². The first-order chi connectivity index (χ1) is 9.74. The van der Waals surface area contributed by atoms with E-state index in [2.05, 4.69) is 50.4 Å². The molecule has 1 aromatic rings. The maximum atomic E-state index is 11.9. The minimum absolute atomic E-state index is 0.00534. The van der Waals surface area contributed by atoms with E-state index in [0.717, 1.165) is 6.42 Å². The van der Waals surface area contributed by atoms with Crippen molar-refractivity contribution in [3.05, 3.63) is 35.4 Å². The first-order valence-electron chi connectivity index (χ1n) is 7.73. The first-order valence-corrected chi connectivity index (χ1v) is 7.73. The van der Waals surface area contributed by atoms with Crippen molar-refractivity contribution in [2.24, 2.45) is 5.92 Å². The zero-order valence-electron chi connectivity index (χ0n) is 13.9. The lowest BCUT2D eigenvalue weighted by atomic mass is 9.86. The van der Waals surface area contributed by atoms with Crippen LogP contribution in [-0.2, 0) is 16.6 Å². The molecule has 2 unspecified atom stereocenters. The minimum atomic E-state index is 0.00534. The Morgan fingerprint density at radius 3 is 2.24 bits per heavy atom. The molecule has 0 saturated heterocycles. The molecule has 21 heavy (non-hydrogen) atoms. The molecule has 0 aliphatic heterocycles. The van der Waals surface area contributed by atoms with E-state index < -0.39 is 0 Å². The predicted molar refractivity (Wildman–Crippen MR) is 87.3 cm³/mol. The van der Waals surface area contributed by atoms with Crippen LogP contribution < -0.4 is 5.32 Å². The molecular formula is C18H29NO2. The highest BCUT2D eigenvalue weighted by Crippen LogP contribution is 2.22. The van der Waals surface area contributed by atoms with Crippen LogP contribution in [0, 0.1) is 5.92 Å². The predicted octanol–water partition coefficient (Wildman–Crippen LogP) is 3.05. The fraction of sp³-hybridized carbons (Fsp3) is 0.611. The van der Waals surface area contributed by atoms with Crippen LogP contribution in [0.3, 0.4) is 0 Å². The maximum Gasteiger partial charge on any atom is 0.220 e. The van der Waals surface area contributed by atoms with Gasteiger partial charge in [0.25, 0.3) is 0 Å². The standard InChI is InChI=1S/C18H29NO2/c1-13(12-20)14(2)19-17(21)11-8-15-6-9-16(10-7-15)18(3,4)5/h6-7,9-10,13-14,20H,8,11-12H2,1-5H3,(H,19,21). The number of nitrogens with one attached hydrogen (secondary N) is 1. The van der Waals surface area contributed by atoms with Crippen molar-refractivity contribution in [1.82, 2.24) is 5.32 Å². The third-order valence-corrected chi connectivity index (χ3v) is 3.99. The van der Waals surface area contributed by atoms with Crippen molar-refractivity contribution in [2.75, 3.05) is 6.61 Å². The summed E-state index contributed by atoms with van der Waals surface area (Å²) in [6.07, 6.45) is 1.23. The molecule has 0 radical (unpaired) electrons. The zero-order chi connectivity index (χ0) is 16.0. The van der Waals surface area contributed by atoms with Crippen molar-refractivity contribution in [1.29, 1.82) is 0 Å². The van der Waals surface area contributed by atoms with Crippen LogP contribution in [0.4, 0.5) is 0 Å². The van der Waals surface area contributed by atoms with E-state index in [1.165, 1.54) is 11.1 Å². The van der Waals surface area contributed by atoms with Crippen molar-refractivity contribution in [3.8, 4) is 0 Å². The van der Waals surface area contributed by atoms with Gasteiger partial charge in [-0.3, -0.25) is 4.79 Å². The van der Waals surface area contributed by atoms with Gasteiger partial charge in [0.1, 0.15) is 0 Å². The number of hydrogen-bond donors (Lipinski definition) is 2. The van der Waals surface area contributed by atoms with Gasteiger partial charge < -0.3 is 10.4 Å². The molecule has 3 nitrogen and oxygen atoms in total. The third-order valence-electron chi connectivity index (χ3n) is 3.99. The number of amides is 1. The highest BCUT2D eigenvalue weighted by atomic mass is 16.3. The Bertz CT molecular complexity index is 445. The second-order valence-corrected chi connectivity index (χ2v) is 6.96. The number of carbonyl (C=O) groups is 1. The van der Waals surface area contributed by atoms with E-state index in [4.69, 9.17) is 5.11 Å². The Kier molecular flexibility index (Phi) is 6.41. The Hall–Kier alpha value is -1.35. The van der Waals surface area contributed by atoms with E-state index >= 15 is 0 Å². The van der Waals surface area contributed by atoms with Gasteiger partial charge in [-0.25, -0.2) is 0 Å². The number of aryl methyl sites for hydroxylation is 1. The molecule has 0 saturated carbocycles. The molecule has 118 valence electrons. The van der Waals surface area contributed by atoms with E-state index in [-0.39, 0.29) is 29.9 Å². The second kappa shape index (κ2) is 7.60. The molecule has 3 heteroatoms. The first kappa shape index (κ1) is 17.7. The quantitative estimate of drug-likeness (QED) is 0.846. The molecular weight excluding hydrogens is 262 g/mol. The zero-order valence-corrected chi connectivity index (χ0v) is 13.9. The van der Waals surface area contributed by atoms with Crippen molar-refractivity contribution >= 4 is 5.91 Å². The summed E-state index contributed by atoms with van der Waals surface area (Å²) in [4.78, 5) is 11.9. The fourth-order valence-electron chi connectivity index (χ4n) is 2.06. The molecule has 0 spiro atoms. The lowest BCUT2D eigenvalue weighted by molar-refractivity contribution is -0.122. The summed E-state index contributed by atoms with van der Waals surface area (Å²) in [6, 6.07) is 8.50. The molecule has 2 N–H and O–H groups in total. The molecule has 0 aliphatic rings. The number of carbonyl (C=O) groups excluding carboxylic acids is 1. The van der Waals surface area contributed by atoms with Crippen LogP contribution in [-0.4, -0.2) is 23.7 Å². The summed E-state index contributed by atoms with van der Waals surface area (Å²) in [5.74, 6) is 0.128. The van der Waals surface area contributed by atoms with Crippen LogP contribution >= 0.6 is 0 Å². The van der Waals surface area contributed by atoms with Gasteiger partial charge in [0.05, 0.1) is 0 Å². The van der Waals surface area contributed by atoms with Crippen LogP contribution in [0.25, 0.3) is 0 Å². The number of rotatable bonds is 6. The highest BCUT2D eigenvalue weighted by Gasteiger charge is 2.15. The van der Waals surface area contributed by atoms with E-state index in [1.807, 2.05) is 13.8 Å². The summed E-state index contributed by atoms with van der Waals surface area (Å²) < 4.78 is 0. The van der Waals surface area contributed by atoms with Crippen LogP contribution in [0.5, 0.6) is 0 Å². The Balaban J connectivity index is 2.47. The molecule has 0 fully saturated rings. The lowest BCUT2D eigenvalue weighted by Gasteiger charge is -2.20. The molecule has 0 bridgehead atoms. The van der Waals surface area contributed by atoms with Gasteiger partial charge in [0.2, 0.25) is 5.91 Å². The summed E-state index contributed by atoms with van der Waals surface area (Å²) >= 11 is 0. The van der Waals surface area contributed by atoms with Gasteiger partial charge in [-0.05, 0) is 35.8 Å². The highest BCUT2D eigenvalue weighted by molar-refractivity contribution is 5.76. The van der Waals surface area contributed by atoms with Gasteiger partial charge >= 0.3 is 0 Å². The van der Waals surface area contributed by atoms with Crippen LogP contribution in [0.2, 0.25) is 0 Å². The van der Waals surface area contributed by atoms with E-state index in [9.17, 15) is 4.79 Å². The SMILES string of the molecule is CC(CO)C(C)NC(=O)CCc1ccc(C(C)(C)C)cc1. The fourth-order valence-corrected chi connectivity index (χ4v) is 2.06. The number of benzene rings is 1. The lowest BCUT2D eigenvalue weighted by Crippen LogP contribution is -2.38. The van der Waals surface area contributed by atoms with Crippen molar-refractivity contribution < 1.29 is 9.90 Å². The van der Waals surface area contributed by atoms with Gasteiger partial charge in [-0.1, -0.05) is 52.0 Å². The normalized spacial score (nSPS) is 14.6. The molecule has 2 atom stereocenters. The van der Waals surface area contributed by atoms with Crippen LogP contribution in [0.15, 0.2) is 24.3 Å². The van der Waals surface area contributed by atoms with Crippen LogP contribution in [0.1, 0.15) is 52.2 Å². The average molecular weight is 291 g/mol. The van der Waals surface area contributed by atoms with E-state index in [1.54, 1.807) is 0 Å². The molecule has 1 amide bonds. The molecule has 0 aliphatic carbocycles. The smallest absolute Gasteiger partial charge is 0.220 e.